The Kier molecular flexibility index (Phi) is 3.81. The van der Waals surface area contributed by atoms with Crippen LogP contribution in [0.4, 0.5) is 0 Å². The van der Waals surface area contributed by atoms with Crippen molar-refractivity contribution in [1.29, 1.82) is 0 Å². The lowest BCUT2D eigenvalue weighted by atomic mass is 9.82. The number of hydrogen-bond acceptors (Lipinski definition) is 2. The lowest BCUT2D eigenvalue weighted by molar-refractivity contribution is 0.0495. The van der Waals surface area contributed by atoms with Crippen molar-refractivity contribution in [2.45, 2.75) is 57.2 Å². The minimum Gasteiger partial charge on any atom is -0.310 e. The summed E-state index contributed by atoms with van der Waals surface area (Å²) in [7, 11) is 2.32. The van der Waals surface area contributed by atoms with E-state index in [1.807, 2.05) is 0 Å². The van der Waals surface area contributed by atoms with E-state index in [0.717, 1.165) is 24.7 Å². The first kappa shape index (κ1) is 11.2. The largest absolute Gasteiger partial charge is 0.310 e. The van der Waals surface area contributed by atoms with Crippen molar-refractivity contribution >= 4 is 0 Å². The van der Waals surface area contributed by atoms with Crippen LogP contribution in [0.1, 0.15) is 39.0 Å². The van der Waals surface area contributed by atoms with Crippen LogP contribution in [-0.2, 0) is 0 Å². The summed E-state index contributed by atoms with van der Waals surface area (Å²) in [6.07, 6.45) is 11.3. The Bertz CT molecular complexity index is 211. The minimum atomic E-state index is 0.757. The molecule has 2 heterocycles. The SMILES string of the molecule is C/C=C/CNC1CC2CCCC(C1)N2C. The topological polar surface area (TPSA) is 15.3 Å². The molecule has 86 valence electrons. The van der Waals surface area contributed by atoms with E-state index in [1.54, 1.807) is 0 Å². The number of hydrogen-bond donors (Lipinski definition) is 1. The Hall–Kier alpha value is -0.340. The van der Waals surface area contributed by atoms with Crippen LogP contribution in [0.25, 0.3) is 0 Å². The maximum absolute atomic E-state index is 3.66. The molecule has 1 N–H and O–H groups in total. The Morgan fingerprint density at radius 3 is 2.53 bits per heavy atom. The van der Waals surface area contributed by atoms with Gasteiger partial charge in [0.05, 0.1) is 0 Å². The van der Waals surface area contributed by atoms with Crippen molar-refractivity contribution in [3.05, 3.63) is 12.2 Å². The van der Waals surface area contributed by atoms with E-state index in [0.29, 0.717) is 0 Å². The zero-order valence-corrected chi connectivity index (χ0v) is 10.1. The fourth-order valence-electron chi connectivity index (χ4n) is 3.14. The highest BCUT2D eigenvalue weighted by molar-refractivity contribution is 4.94. The van der Waals surface area contributed by atoms with E-state index in [-0.39, 0.29) is 0 Å². The molecule has 0 aromatic rings. The van der Waals surface area contributed by atoms with Gasteiger partial charge in [-0.2, -0.15) is 0 Å². The molecule has 2 unspecified atom stereocenters. The molecule has 2 bridgehead atoms. The second kappa shape index (κ2) is 5.13. The van der Waals surface area contributed by atoms with Gasteiger partial charge in [-0.1, -0.05) is 18.6 Å². The second-order valence-electron chi connectivity index (χ2n) is 5.05. The van der Waals surface area contributed by atoms with Crippen molar-refractivity contribution in [1.82, 2.24) is 10.2 Å². The molecule has 2 atom stereocenters. The average Bonchev–Trinajstić information content (AvgIpc) is 2.19. The first-order valence-electron chi connectivity index (χ1n) is 6.37. The quantitative estimate of drug-likeness (QED) is 0.715. The molecule has 0 saturated carbocycles. The molecular weight excluding hydrogens is 184 g/mol. The van der Waals surface area contributed by atoms with E-state index in [1.165, 1.54) is 32.1 Å². The number of rotatable bonds is 3. The Balaban J connectivity index is 1.84. The van der Waals surface area contributed by atoms with Crippen LogP contribution in [0.2, 0.25) is 0 Å². The normalized spacial score (nSPS) is 37.3. The zero-order chi connectivity index (χ0) is 10.7. The first-order chi connectivity index (χ1) is 7.31. The maximum Gasteiger partial charge on any atom is 0.0137 e. The molecule has 2 rings (SSSR count). The summed E-state index contributed by atoms with van der Waals surface area (Å²) in [5, 5.41) is 3.66. The van der Waals surface area contributed by atoms with Gasteiger partial charge < -0.3 is 10.2 Å². The lowest BCUT2D eigenvalue weighted by Crippen LogP contribution is -2.54. The molecular formula is C13H24N2. The van der Waals surface area contributed by atoms with Crippen LogP contribution in [0.5, 0.6) is 0 Å². The molecule has 2 fully saturated rings. The van der Waals surface area contributed by atoms with Gasteiger partial charge in [0.2, 0.25) is 0 Å². The maximum atomic E-state index is 3.66. The van der Waals surface area contributed by atoms with Crippen molar-refractivity contribution in [3.8, 4) is 0 Å². The molecule has 0 aliphatic carbocycles. The minimum absolute atomic E-state index is 0.757. The molecule has 0 spiro atoms. The van der Waals surface area contributed by atoms with Gasteiger partial charge in [0.15, 0.2) is 0 Å². The summed E-state index contributed by atoms with van der Waals surface area (Å²) in [4.78, 5) is 2.62. The highest BCUT2D eigenvalue weighted by atomic mass is 15.2. The number of nitrogens with zero attached hydrogens (tertiary/aromatic N) is 1. The van der Waals surface area contributed by atoms with Gasteiger partial charge in [0.1, 0.15) is 0 Å². The van der Waals surface area contributed by atoms with E-state index in [9.17, 15) is 0 Å². The summed E-state index contributed by atoms with van der Waals surface area (Å²) >= 11 is 0. The standard InChI is InChI=1S/C13H24N2/c1-3-4-8-14-11-9-12-6-5-7-13(10-11)15(12)2/h3-4,11-14H,5-10H2,1-2H3/b4-3+. The molecule has 2 aliphatic heterocycles. The summed E-state index contributed by atoms with van der Waals surface area (Å²) in [6, 6.07) is 2.45. The van der Waals surface area contributed by atoms with Gasteiger partial charge in [0, 0.05) is 24.7 Å². The van der Waals surface area contributed by atoms with Gasteiger partial charge >= 0.3 is 0 Å². The molecule has 2 nitrogen and oxygen atoms in total. The summed E-state index contributed by atoms with van der Waals surface area (Å²) < 4.78 is 0. The van der Waals surface area contributed by atoms with Crippen LogP contribution in [0.3, 0.4) is 0 Å². The van der Waals surface area contributed by atoms with Gasteiger partial charge in [-0.3, -0.25) is 0 Å². The van der Waals surface area contributed by atoms with Crippen molar-refractivity contribution < 1.29 is 0 Å². The van der Waals surface area contributed by atoms with E-state index in [2.05, 4.69) is 36.3 Å². The molecule has 2 aliphatic rings. The number of nitrogens with one attached hydrogen (secondary N) is 1. The predicted molar refractivity (Wildman–Crippen MR) is 65.0 cm³/mol. The fourth-order valence-corrected chi connectivity index (χ4v) is 3.14. The van der Waals surface area contributed by atoms with E-state index >= 15 is 0 Å². The van der Waals surface area contributed by atoms with Crippen LogP contribution >= 0.6 is 0 Å². The Morgan fingerprint density at radius 1 is 1.27 bits per heavy atom. The fraction of sp³-hybridized carbons (Fsp3) is 0.846. The highest BCUT2D eigenvalue weighted by Crippen LogP contribution is 2.32. The van der Waals surface area contributed by atoms with Gasteiger partial charge in [0.25, 0.3) is 0 Å². The van der Waals surface area contributed by atoms with Crippen LogP contribution < -0.4 is 5.32 Å². The number of allylic oxidation sites excluding steroid dienone is 1. The summed E-state index contributed by atoms with van der Waals surface area (Å²) in [5.41, 5.74) is 0. The lowest BCUT2D eigenvalue weighted by Gasteiger charge is -2.47. The average molecular weight is 208 g/mol. The highest BCUT2D eigenvalue weighted by Gasteiger charge is 2.35. The predicted octanol–water partition coefficient (Wildman–Crippen LogP) is 2.17. The summed E-state index contributed by atoms with van der Waals surface area (Å²) in [6.45, 7) is 3.13. The van der Waals surface area contributed by atoms with E-state index in [4.69, 9.17) is 0 Å². The Morgan fingerprint density at radius 2 is 1.93 bits per heavy atom. The van der Waals surface area contributed by atoms with Crippen molar-refractivity contribution in [3.63, 3.8) is 0 Å². The second-order valence-corrected chi connectivity index (χ2v) is 5.05. The molecule has 2 heteroatoms. The zero-order valence-electron chi connectivity index (χ0n) is 10.1. The number of piperidine rings is 2. The van der Waals surface area contributed by atoms with Crippen LogP contribution in [0.15, 0.2) is 12.2 Å². The molecule has 15 heavy (non-hydrogen) atoms. The van der Waals surface area contributed by atoms with Crippen molar-refractivity contribution in [2.75, 3.05) is 13.6 Å². The molecule has 0 amide bonds. The summed E-state index contributed by atoms with van der Waals surface area (Å²) in [5.74, 6) is 0. The van der Waals surface area contributed by atoms with E-state index < -0.39 is 0 Å². The number of fused-ring (bicyclic) bond motifs is 2. The third kappa shape index (κ3) is 2.61. The third-order valence-corrected chi connectivity index (χ3v) is 4.10. The molecule has 0 aromatic heterocycles. The Labute approximate surface area is 93.7 Å². The van der Waals surface area contributed by atoms with Crippen LogP contribution in [-0.4, -0.2) is 36.6 Å². The monoisotopic (exact) mass is 208 g/mol. The molecule has 2 saturated heterocycles. The first-order valence-corrected chi connectivity index (χ1v) is 6.37. The van der Waals surface area contributed by atoms with Gasteiger partial charge in [-0.25, -0.2) is 0 Å². The van der Waals surface area contributed by atoms with Crippen LogP contribution in [0, 0.1) is 0 Å². The van der Waals surface area contributed by atoms with Gasteiger partial charge in [-0.15, -0.1) is 0 Å². The smallest absolute Gasteiger partial charge is 0.0137 e. The molecule has 0 radical (unpaired) electrons. The van der Waals surface area contributed by atoms with Crippen molar-refractivity contribution in [2.24, 2.45) is 0 Å². The third-order valence-electron chi connectivity index (χ3n) is 4.10. The molecule has 0 aromatic carbocycles. The van der Waals surface area contributed by atoms with Gasteiger partial charge in [-0.05, 0) is 39.7 Å².